The van der Waals surface area contributed by atoms with Crippen LogP contribution in [0, 0.1) is 5.92 Å². The van der Waals surface area contributed by atoms with Crippen molar-refractivity contribution in [2.45, 2.75) is 58.0 Å². The predicted octanol–water partition coefficient (Wildman–Crippen LogP) is 1.06. The zero-order valence-corrected chi connectivity index (χ0v) is 14.7. The molecule has 3 N–H and O–H groups in total. The zero-order valence-electron chi connectivity index (χ0n) is 13.9. The highest BCUT2D eigenvalue weighted by Crippen LogP contribution is 2.23. The summed E-state index contributed by atoms with van der Waals surface area (Å²) in [6.45, 7) is 6.44. The maximum absolute atomic E-state index is 11.3. The van der Waals surface area contributed by atoms with Crippen LogP contribution in [0.4, 0.5) is 0 Å². The Morgan fingerprint density at radius 1 is 1.33 bits per heavy atom. The van der Waals surface area contributed by atoms with Gasteiger partial charge in [0, 0.05) is 25.2 Å². The van der Waals surface area contributed by atoms with E-state index in [1.807, 2.05) is 13.8 Å². The molecule has 0 aromatic carbocycles. The summed E-state index contributed by atoms with van der Waals surface area (Å²) in [6.07, 6.45) is 6.04. The molecule has 1 aliphatic carbocycles. The van der Waals surface area contributed by atoms with Crippen molar-refractivity contribution in [2.75, 3.05) is 19.8 Å². The fourth-order valence-electron chi connectivity index (χ4n) is 2.80. The molecule has 0 bridgehead atoms. The minimum absolute atomic E-state index is 0.450. The molecular weight excluding hydrogens is 288 g/mol. The van der Waals surface area contributed by atoms with Gasteiger partial charge < -0.3 is 10.6 Å². The molecule has 1 fully saturated rings. The molecule has 0 aromatic rings. The second-order valence-corrected chi connectivity index (χ2v) is 8.55. The van der Waals surface area contributed by atoms with Gasteiger partial charge in [0.15, 0.2) is 5.96 Å². The molecule has 2 unspecified atom stereocenters. The second-order valence-electron chi connectivity index (χ2n) is 6.80. The average molecular weight is 318 g/mol. The summed E-state index contributed by atoms with van der Waals surface area (Å²) in [5.74, 6) is 1.48. The highest BCUT2D eigenvalue weighted by atomic mass is 32.2. The Balaban J connectivity index is 2.47. The molecule has 0 radical (unpaired) electrons. The molecule has 6 nitrogen and oxygen atoms in total. The Morgan fingerprint density at radius 3 is 2.52 bits per heavy atom. The van der Waals surface area contributed by atoms with Crippen LogP contribution < -0.4 is 15.4 Å². The number of hydrogen-bond acceptors (Lipinski definition) is 3. The zero-order chi connectivity index (χ0) is 16.1. The van der Waals surface area contributed by atoms with E-state index in [4.69, 9.17) is 0 Å². The van der Waals surface area contributed by atoms with Crippen LogP contribution in [-0.4, -0.2) is 45.8 Å². The van der Waals surface area contributed by atoms with E-state index >= 15 is 0 Å². The van der Waals surface area contributed by atoms with Crippen molar-refractivity contribution < 1.29 is 8.42 Å². The summed E-state index contributed by atoms with van der Waals surface area (Å²) in [4.78, 5) is 4.22. The summed E-state index contributed by atoms with van der Waals surface area (Å²) in [6, 6.07) is 0.450. The fourth-order valence-corrected chi connectivity index (χ4v) is 3.87. The van der Waals surface area contributed by atoms with Gasteiger partial charge in [-0.25, -0.2) is 13.1 Å². The van der Waals surface area contributed by atoms with Crippen LogP contribution in [0.3, 0.4) is 0 Å². The SMILES string of the molecule is CN=C(NCC(C)(C)NS(C)(=O)=O)NC1CCCC(C)C1. The normalized spacial score (nSPS) is 24.7. The quantitative estimate of drug-likeness (QED) is 0.523. The van der Waals surface area contributed by atoms with Gasteiger partial charge in [0.05, 0.1) is 6.26 Å². The van der Waals surface area contributed by atoms with E-state index < -0.39 is 15.6 Å². The van der Waals surface area contributed by atoms with Crippen LogP contribution in [0.2, 0.25) is 0 Å². The number of nitrogens with one attached hydrogen (secondary N) is 3. The van der Waals surface area contributed by atoms with Crippen molar-refractivity contribution in [3.63, 3.8) is 0 Å². The van der Waals surface area contributed by atoms with Gasteiger partial charge in [0.25, 0.3) is 0 Å². The molecule has 0 heterocycles. The number of guanidine groups is 1. The van der Waals surface area contributed by atoms with Crippen LogP contribution in [0.5, 0.6) is 0 Å². The van der Waals surface area contributed by atoms with Crippen molar-refractivity contribution in [2.24, 2.45) is 10.9 Å². The van der Waals surface area contributed by atoms with E-state index in [9.17, 15) is 8.42 Å². The van der Waals surface area contributed by atoms with Crippen molar-refractivity contribution in [3.05, 3.63) is 0 Å². The standard InChI is InChI=1S/C14H30N4O2S/c1-11-7-6-8-12(9-11)17-13(15-4)16-10-14(2,3)18-21(5,19)20/h11-12,18H,6-10H2,1-5H3,(H2,15,16,17). The number of rotatable bonds is 5. The monoisotopic (exact) mass is 318 g/mol. The third kappa shape index (κ3) is 7.66. The third-order valence-corrected chi connectivity index (χ3v) is 4.58. The minimum Gasteiger partial charge on any atom is -0.355 e. The smallest absolute Gasteiger partial charge is 0.209 e. The molecular formula is C14H30N4O2S. The minimum atomic E-state index is -3.22. The summed E-state index contributed by atoms with van der Waals surface area (Å²) < 4.78 is 25.3. The van der Waals surface area contributed by atoms with E-state index in [0.717, 1.165) is 24.7 Å². The van der Waals surface area contributed by atoms with Crippen molar-refractivity contribution >= 4 is 16.0 Å². The van der Waals surface area contributed by atoms with Crippen LogP contribution in [0.1, 0.15) is 46.5 Å². The van der Waals surface area contributed by atoms with Gasteiger partial charge in [-0.3, -0.25) is 4.99 Å². The molecule has 0 aromatic heterocycles. The van der Waals surface area contributed by atoms with E-state index in [0.29, 0.717) is 12.6 Å². The lowest BCUT2D eigenvalue weighted by Crippen LogP contribution is -2.54. The van der Waals surface area contributed by atoms with Crippen LogP contribution in [-0.2, 0) is 10.0 Å². The average Bonchev–Trinajstić information content (AvgIpc) is 2.31. The molecule has 0 saturated heterocycles. The molecule has 7 heteroatoms. The lowest BCUT2D eigenvalue weighted by molar-refractivity contribution is 0.323. The van der Waals surface area contributed by atoms with Crippen LogP contribution in [0.15, 0.2) is 4.99 Å². The molecule has 0 spiro atoms. The van der Waals surface area contributed by atoms with E-state index in [2.05, 4.69) is 27.3 Å². The van der Waals surface area contributed by atoms with Crippen LogP contribution >= 0.6 is 0 Å². The highest BCUT2D eigenvalue weighted by Gasteiger charge is 2.23. The van der Waals surface area contributed by atoms with Crippen molar-refractivity contribution in [1.29, 1.82) is 0 Å². The largest absolute Gasteiger partial charge is 0.355 e. The van der Waals surface area contributed by atoms with Crippen molar-refractivity contribution in [3.8, 4) is 0 Å². The van der Waals surface area contributed by atoms with Crippen molar-refractivity contribution in [1.82, 2.24) is 15.4 Å². The fraction of sp³-hybridized carbons (Fsp3) is 0.929. The van der Waals surface area contributed by atoms with Crippen LogP contribution in [0.25, 0.3) is 0 Å². The van der Waals surface area contributed by atoms with Gasteiger partial charge in [-0.05, 0) is 32.6 Å². The second kappa shape index (κ2) is 7.45. The Morgan fingerprint density at radius 2 is 2.00 bits per heavy atom. The maximum Gasteiger partial charge on any atom is 0.209 e. The molecule has 1 rings (SSSR count). The Hall–Kier alpha value is -0.820. The van der Waals surface area contributed by atoms with E-state index in [1.54, 1.807) is 7.05 Å². The molecule has 21 heavy (non-hydrogen) atoms. The number of hydrogen-bond donors (Lipinski definition) is 3. The van der Waals surface area contributed by atoms with Gasteiger partial charge >= 0.3 is 0 Å². The molecule has 0 amide bonds. The first kappa shape index (κ1) is 18.2. The third-order valence-electron chi connectivity index (χ3n) is 3.66. The lowest BCUT2D eigenvalue weighted by atomic mass is 9.87. The molecule has 1 aliphatic rings. The Kier molecular flexibility index (Phi) is 6.46. The molecule has 1 saturated carbocycles. The Bertz CT molecular complexity index is 460. The van der Waals surface area contributed by atoms with Gasteiger partial charge in [0.1, 0.15) is 0 Å². The topological polar surface area (TPSA) is 82.6 Å². The Labute approximate surface area is 129 Å². The summed E-state index contributed by atoms with van der Waals surface area (Å²) in [5, 5.41) is 6.64. The summed E-state index contributed by atoms with van der Waals surface area (Å²) in [5.41, 5.74) is -0.564. The maximum atomic E-state index is 11.3. The first-order valence-electron chi connectivity index (χ1n) is 7.57. The van der Waals surface area contributed by atoms with E-state index in [1.165, 1.54) is 19.1 Å². The predicted molar refractivity (Wildman–Crippen MR) is 88.0 cm³/mol. The van der Waals surface area contributed by atoms with Gasteiger partial charge in [-0.15, -0.1) is 0 Å². The highest BCUT2D eigenvalue weighted by molar-refractivity contribution is 7.88. The summed E-state index contributed by atoms with van der Waals surface area (Å²) in [7, 11) is -1.49. The lowest BCUT2D eigenvalue weighted by Gasteiger charge is -2.30. The van der Waals surface area contributed by atoms with Gasteiger partial charge in [-0.2, -0.15) is 0 Å². The van der Waals surface area contributed by atoms with Gasteiger partial charge in [0.2, 0.25) is 10.0 Å². The number of nitrogens with zero attached hydrogens (tertiary/aromatic N) is 1. The molecule has 2 atom stereocenters. The molecule has 124 valence electrons. The first-order valence-corrected chi connectivity index (χ1v) is 9.46. The molecule has 0 aliphatic heterocycles. The summed E-state index contributed by atoms with van der Waals surface area (Å²) >= 11 is 0. The number of sulfonamides is 1. The number of aliphatic imine (C=N–C) groups is 1. The first-order chi connectivity index (χ1) is 9.61. The van der Waals surface area contributed by atoms with E-state index in [-0.39, 0.29) is 0 Å². The van der Waals surface area contributed by atoms with Gasteiger partial charge in [-0.1, -0.05) is 19.8 Å².